The van der Waals surface area contributed by atoms with E-state index >= 15 is 0 Å². The van der Waals surface area contributed by atoms with Gasteiger partial charge in [0.1, 0.15) is 5.60 Å². The minimum atomic E-state index is -0.705. The van der Waals surface area contributed by atoms with Crippen molar-refractivity contribution >= 4 is 11.9 Å². The predicted molar refractivity (Wildman–Crippen MR) is 102 cm³/mol. The molecular formula is C22H34O5. The molecule has 3 aliphatic rings. The topological polar surface area (TPSA) is 61.8 Å². The highest BCUT2D eigenvalue weighted by Crippen LogP contribution is 2.66. The Labute approximate surface area is 162 Å². The van der Waals surface area contributed by atoms with Gasteiger partial charge in [0.25, 0.3) is 0 Å². The van der Waals surface area contributed by atoms with Gasteiger partial charge in [0, 0.05) is 5.41 Å². The first kappa shape index (κ1) is 20.4. The normalized spacial score (nSPS) is 40.2. The Hall–Kier alpha value is -1.36. The highest BCUT2D eigenvalue weighted by molar-refractivity contribution is 5.91. The first-order chi connectivity index (χ1) is 12.5. The Kier molecular flexibility index (Phi) is 4.99. The number of fused-ring (bicyclic) bond motifs is 2. The summed E-state index contributed by atoms with van der Waals surface area (Å²) in [4.78, 5) is 24.7. The van der Waals surface area contributed by atoms with Crippen LogP contribution < -0.4 is 0 Å². The van der Waals surface area contributed by atoms with E-state index in [4.69, 9.17) is 14.2 Å². The molecule has 5 heteroatoms. The van der Waals surface area contributed by atoms with Crippen molar-refractivity contribution in [1.29, 1.82) is 0 Å². The molecule has 2 aliphatic carbocycles. The van der Waals surface area contributed by atoms with Crippen LogP contribution in [0.25, 0.3) is 0 Å². The molecule has 4 unspecified atom stereocenters. The lowest BCUT2D eigenvalue weighted by Gasteiger charge is -2.61. The third-order valence-electron chi connectivity index (χ3n) is 7.72. The van der Waals surface area contributed by atoms with Crippen LogP contribution in [-0.2, 0) is 23.8 Å². The fourth-order valence-electron chi connectivity index (χ4n) is 6.31. The van der Waals surface area contributed by atoms with Crippen LogP contribution in [0, 0.1) is 16.7 Å². The van der Waals surface area contributed by atoms with Crippen molar-refractivity contribution in [2.45, 2.75) is 83.8 Å². The molecule has 3 rings (SSSR count). The molecule has 0 aromatic carbocycles. The Balaban J connectivity index is 2.08. The van der Waals surface area contributed by atoms with Crippen LogP contribution in [0.15, 0.2) is 11.6 Å². The molecule has 0 bridgehead atoms. The summed E-state index contributed by atoms with van der Waals surface area (Å²) in [5.41, 5.74) is -0.671. The summed E-state index contributed by atoms with van der Waals surface area (Å²) in [7, 11) is 2.83. The summed E-state index contributed by atoms with van der Waals surface area (Å²) in [5.74, 6) is -0.160. The maximum atomic E-state index is 12.7. The van der Waals surface area contributed by atoms with Gasteiger partial charge in [-0.05, 0) is 50.4 Å². The molecule has 27 heavy (non-hydrogen) atoms. The Morgan fingerprint density at radius 2 is 1.78 bits per heavy atom. The molecule has 1 heterocycles. The number of ether oxygens (including phenoxy) is 3. The van der Waals surface area contributed by atoms with E-state index in [0.717, 1.165) is 32.1 Å². The third kappa shape index (κ3) is 3.02. The number of rotatable bonds is 3. The fraction of sp³-hybridized carbons (Fsp3) is 0.818. The van der Waals surface area contributed by atoms with Gasteiger partial charge in [-0.3, -0.25) is 4.79 Å². The highest BCUT2D eigenvalue weighted by atomic mass is 16.6. The summed E-state index contributed by atoms with van der Waals surface area (Å²) >= 11 is 0. The zero-order valence-corrected chi connectivity index (χ0v) is 17.6. The van der Waals surface area contributed by atoms with E-state index in [9.17, 15) is 9.59 Å². The van der Waals surface area contributed by atoms with Crippen molar-refractivity contribution in [3.05, 3.63) is 11.6 Å². The van der Waals surface area contributed by atoms with Crippen LogP contribution in [0.1, 0.15) is 72.6 Å². The molecule has 1 aliphatic heterocycles. The number of carbonyl (C=O) groups is 2. The summed E-state index contributed by atoms with van der Waals surface area (Å²) in [5, 5.41) is 0. The van der Waals surface area contributed by atoms with Crippen LogP contribution >= 0.6 is 0 Å². The van der Waals surface area contributed by atoms with E-state index in [-0.39, 0.29) is 29.2 Å². The second-order valence-electron chi connectivity index (χ2n) is 9.79. The number of methoxy groups -OCH3 is 2. The Bertz CT molecular complexity index is 666. The minimum absolute atomic E-state index is 0.166. The average Bonchev–Trinajstić information content (AvgIpc) is 2.94. The van der Waals surface area contributed by atoms with Crippen LogP contribution in [0.4, 0.5) is 0 Å². The lowest BCUT2D eigenvalue weighted by molar-refractivity contribution is -0.197. The van der Waals surface area contributed by atoms with E-state index in [1.807, 2.05) is 6.92 Å². The van der Waals surface area contributed by atoms with Gasteiger partial charge in [0.2, 0.25) is 0 Å². The predicted octanol–water partition coefficient (Wildman–Crippen LogP) is 4.19. The highest BCUT2D eigenvalue weighted by Gasteiger charge is 2.66. The molecular weight excluding hydrogens is 344 g/mol. The molecule has 4 atom stereocenters. The Morgan fingerprint density at radius 3 is 2.41 bits per heavy atom. The molecule has 1 saturated carbocycles. The van der Waals surface area contributed by atoms with Crippen molar-refractivity contribution in [3.8, 4) is 0 Å². The van der Waals surface area contributed by atoms with Crippen molar-refractivity contribution in [2.75, 3.05) is 14.2 Å². The van der Waals surface area contributed by atoms with Gasteiger partial charge in [-0.1, -0.05) is 33.3 Å². The first-order valence-corrected chi connectivity index (χ1v) is 10.1. The van der Waals surface area contributed by atoms with Crippen LogP contribution in [0.5, 0.6) is 0 Å². The molecule has 0 radical (unpaired) electrons. The smallest absolute Gasteiger partial charge is 0.336 e. The maximum absolute atomic E-state index is 12.7. The van der Waals surface area contributed by atoms with E-state index in [1.54, 1.807) is 0 Å². The minimum Gasteiger partial charge on any atom is -0.469 e. The summed E-state index contributed by atoms with van der Waals surface area (Å²) in [6.45, 7) is 8.93. The quantitative estimate of drug-likeness (QED) is 0.689. The summed E-state index contributed by atoms with van der Waals surface area (Å²) < 4.78 is 16.8. The molecule has 1 saturated heterocycles. The SMILES string of the molecule is COC(=O)CC1(C)CCC2(O1)C(C(=O)OC)=CCC1C(C)(C)CCCC12C. The molecule has 1 spiro atoms. The monoisotopic (exact) mass is 378 g/mol. The lowest BCUT2D eigenvalue weighted by Crippen LogP contribution is -2.61. The molecule has 0 aromatic heterocycles. The molecule has 0 N–H and O–H groups in total. The van der Waals surface area contributed by atoms with Gasteiger partial charge in [0.15, 0.2) is 0 Å². The number of esters is 2. The number of allylic oxidation sites excluding steroid dienone is 1. The zero-order valence-electron chi connectivity index (χ0n) is 17.6. The second kappa shape index (κ2) is 6.61. The number of hydrogen-bond acceptors (Lipinski definition) is 5. The van der Waals surface area contributed by atoms with Crippen LogP contribution in [0.2, 0.25) is 0 Å². The van der Waals surface area contributed by atoms with Crippen molar-refractivity contribution < 1.29 is 23.8 Å². The van der Waals surface area contributed by atoms with Crippen molar-refractivity contribution in [3.63, 3.8) is 0 Å². The largest absolute Gasteiger partial charge is 0.469 e. The lowest BCUT2D eigenvalue weighted by atomic mass is 9.46. The van der Waals surface area contributed by atoms with Crippen LogP contribution in [-0.4, -0.2) is 37.4 Å². The molecule has 0 amide bonds. The molecule has 152 valence electrons. The van der Waals surface area contributed by atoms with E-state index in [0.29, 0.717) is 11.5 Å². The van der Waals surface area contributed by atoms with E-state index in [2.05, 4.69) is 26.8 Å². The van der Waals surface area contributed by atoms with Crippen LogP contribution in [0.3, 0.4) is 0 Å². The van der Waals surface area contributed by atoms with Gasteiger partial charge in [-0.15, -0.1) is 0 Å². The van der Waals surface area contributed by atoms with Gasteiger partial charge in [-0.2, -0.15) is 0 Å². The molecule has 0 aromatic rings. The maximum Gasteiger partial charge on any atom is 0.336 e. The van der Waals surface area contributed by atoms with Gasteiger partial charge in [0.05, 0.1) is 31.8 Å². The van der Waals surface area contributed by atoms with E-state index in [1.165, 1.54) is 20.6 Å². The Morgan fingerprint density at radius 1 is 1.07 bits per heavy atom. The second-order valence-corrected chi connectivity index (χ2v) is 9.79. The van der Waals surface area contributed by atoms with Gasteiger partial charge in [-0.25, -0.2) is 4.79 Å². The standard InChI is InChI=1S/C22H34O5/c1-19(2)10-7-11-21(4)16(19)9-8-15(18(24)26-6)22(21)13-12-20(3,27-22)14-17(23)25-5/h8,16H,7,9-14H2,1-6H3. The van der Waals surface area contributed by atoms with Crippen molar-refractivity contribution in [2.24, 2.45) is 16.7 Å². The van der Waals surface area contributed by atoms with Crippen molar-refractivity contribution in [1.82, 2.24) is 0 Å². The molecule has 2 fully saturated rings. The zero-order chi connectivity index (χ0) is 20.1. The first-order valence-electron chi connectivity index (χ1n) is 10.1. The molecule has 5 nitrogen and oxygen atoms in total. The summed E-state index contributed by atoms with van der Waals surface area (Å²) in [6.07, 6.45) is 7.89. The number of carbonyl (C=O) groups excluding carboxylic acids is 2. The average molecular weight is 379 g/mol. The van der Waals surface area contributed by atoms with Gasteiger partial charge >= 0.3 is 11.9 Å². The number of hydrogen-bond donors (Lipinski definition) is 0. The fourth-order valence-corrected chi connectivity index (χ4v) is 6.31. The van der Waals surface area contributed by atoms with E-state index < -0.39 is 11.2 Å². The van der Waals surface area contributed by atoms with Gasteiger partial charge < -0.3 is 14.2 Å². The third-order valence-corrected chi connectivity index (χ3v) is 7.72. The summed E-state index contributed by atoms with van der Waals surface area (Å²) in [6, 6.07) is 0.